The van der Waals surface area contributed by atoms with Crippen LogP contribution in [0.4, 0.5) is 0 Å². The van der Waals surface area contributed by atoms with Crippen molar-refractivity contribution in [2.24, 2.45) is 5.73 Å². The maximum Gasteiger partial charge on any atom is 0.315 e. The second kappa shape index (κ2) is 6.02. The van der Waals surface area contributed by atoms with Crippen molar-refractivity contribution in [2.45, 2.75) is 25.8 Å². The van der Waals surface area contributed by atoms with Crippen LogP contribution in [-0.2, 0) is 20.7 Å². The third-order valence-electron chi connectivity index (χ3n) is 2.03. The average Bonchev–Trinajstić information content (AvgIpc) is 2.17. The standard InChI is InChI=1S/C12H15NO3/c1-9(14)16-12(15)8-11(13)7-10-5-3-2-4-6-10/h2-6,11H,7-8,13H2,1H3/t11-/m1/s1. The highest BCUT2D eigenvalue weighted by atomic mass is 16.6. The maximum absolute atomic E-state index is 11.1. The molecule has 1 aromatic carbocycles. The van der Waals surface area contributed by atoms with Crippen LogP contribution in [0.3, 0.4) is 0 Å². The molecule has 0 saturated carbocycles. The van der Waals surface area contributed by atoms with Crippen LogP contribution in [0.1, 0.15) is 18.9 Å². The first-order chi connectivity index (χ1) is 7.58. The Labute approximate surface area is 94.4 Å². The summed E-state index contributed by atoms with van der Waals surface area (Å²) < 4.78 is 4.40. The molecule has 0 aliphatic rings. The lowest BCUT2D eigenvalue weighted by atomic mass is 10.0. The summed E-state index contributed by atoms with van der Waals surface area (Å²) in [5.74, 6) is -1.17. The number of rotatable bonds is 4. The van der Waals surface area contributed by atoms with E-state index in [1.54, 1.807) is 0 Å². The van der Waals surface area contributed by atoms with E-state index in [-0.39, 0.29) is 12.5 Å². The molecule has 0 aliphatic heterocycles. The van der Waals surface area contributed by atoms with E-state index in [0.29, 0.717) is 6.42 Å². The van der Waals surface area contributed by atoms with Gasteiger partial charge in [-0.1, -0.05) is 30.3 Å². The van der Waals surface area contributed by atoms with Crippen LogP contribution < -0.4 is 5.73 Å². The van der Waals surface area contributed by atoms with Gasteiger partial charge in [0.25, 0.3) is 0 Å². The molecule has 0 unspecified atom stereocenters. The fraction of sp³-hybridized carbons (Fsp3) is 0.333. The van der Waals surface area contributed by atoms with Crippen molar-refractivity contribution < 1.29 is 14.3 Å². The normalized spacial score (nSPS) is 11.9. The molecule has 86 valence electrons. The highest BCUT2D eigenvalue weighted by Crippen LogP contribution is 2.04. The molecule has 2 N–H and O–H groups in total. The monoisotopic (exact) mass is 221 g/mol. The molecule has 0 aliphatic carbocycles. The third-order valence-corrected chi connectivity index (χ3v) is 2.03. The summed E-state index contributed by atoms with van der Waals surface area (Å²) in [5.41, 5.74) is 6.83. The molecule has 0 spiro atoms. The lowest BCUT2D eigenvalue weighted by molar-refractivity contribution is -0.158. The van der Waals surface area contributed by atoms with E-state index in [1.807, 2.05) is 30.3 Å². The number of esters is 2. The topological polar surface area (TPSA) is 69.4 Å². The van der Waals surface area contributed by atoms with Gasteiger partial charge in [-0.05, 0) is 12.0 Å². The summed E-state index contributed by atoms with van der Waals surface area (Å²) in [7, 11) is 0. The Balaban J connectivity index is 2.39. The summed E-state index contributed by atoms with van der Waals surface area (Å²) in [6, 6.07) is 9.30. The van der Waals surface area contributed by atoms with E-state index in [0.717, 1.165) is 5.56 Å². The van der Waals surface area contributed by atoms with Crippen LogP contribution >= 0.6 is 0 Å². The summed E-state index contributed by atoms with van der Waals surface area (Å²) in [4.78, 5) is 21.6. The highest BCUT2D eigenvalue weighted by molar-refractivity contribution is 5.84. The lowest BCUT2D eigenvalue weighted by Gasteiger charge is -2.09. The van der Waals surface area contributed by atoms with Crippen LogP contribution in [0.15, 0.2) is 30.3 Å². The molecule has 0 heterocycles. The molecule has 0 bridgehead atoms. The molecular formula is C12H15NO3. The molecule has 0 aromatic heterocycles. The van der Waals surface area contributed by atoms with E-state index in [9.17, 15) is 9.59 Å². The van der Waals surface area contributed by atoms with Crippen LogP contribution in [-0.4, -0.2) is 18.0 Å². The Morgan fingerprint density at radius 3 is 2.50 bits per heavy atom. The molecule has 4 nitrogen and oxygen atoms in total. The number of benzene rings is 1. The van der Waals surface area contributed by atoms with E-state index in [2.05, 4.69) is 4.74 Å². The van der Waals surface area contributed by atoms with E-state index in [1.165, 1.54) is 6.92 Å². The fourth-order valence-corrected chi connectivity index (χ4v) is 1.41. The minimum atomic E-state index is -0.600. The molecule has 0 saturated heterocycles. The largest absolute Gasteiger partial charge is 0.393 e. The molecule has 1 rings (SSSR count). The zero-order valence-corrected chi connectivity index (χ0v) is 9.18. The molecule has 4 heteroatoms. The summed E-state index contributed by atoms with van der Waals surface area (Å²) in [6.07, 6.45) is 0.641. The van der Waals surface area contributed by atoms with Crippen molar-refractivity contribution in [2.75, 3.05) is 0 Å². The van der Waals surface area contributed by atoms with Gasteiger partial charge >= 0.3 is 11.9 Å². The Morgan fingerprint density at radius 1 is 1.31 bits per heavy atom. The minimum Gasteiger partial charge on any atom is -0.393 e. The molecule has 1 atom stereocenters. The first kappa shape index (κ1) is 12.4. The van der Waals surface area contributed by atoms with Gasteiger partial charge in [0.15, 0.2) is 0 Å². The van der Waals surface area contributed by atoms with Crippen molar-refractivity contribution in [3.8, 4) is 0 Å². The van der Waals surface area contributed by atoms with Gasteiger partial charge in [0.05, 0.1) is 6.42 Å². The third kappa shape index (κ3) is 4.70. The number of ether oxygens (including phenoxy) is 1. The highest BCUT2D eigenvalue weighted by Gasteiger charge is 2.12. The second-order valence-electron chi connectivity index (χ2n) is 3.62. The first-order valence-electron chi connectivity index (χ1n) is 5.08. The van der Waals surface area contributed by atoms with Gasteiger partial charge in [0.1, 0.15) is 0 Å². The molecular weight excluding hydrogens is 206 g/mol. The predicted molar refractivity (Wildman–Crippen MR) is 59.5 cm³/mol. The quantitative estimate of drug-likeness (QED) is 0.609. The fourth-order valence-electron chi connectivity index (χ4n) is 1.41. The number of hydrogen-bond donors (Lipinski definition) is 1. The van der Waals surface area contributed by atoms with Crippen LogP contribution in [0, 0.1) is 0 Å². The van der Waals surface area contributed by atoms with Gasteiger partial charge in [0.2, 0.25) is 0 Å². The van der Waals surface area contributed by atoms with E-state index < -0.39 is 11.9 Å². The van der Waals surface area contributed by atoms with Gasteiger partial charge in [-0.2, -0.15) is 0 Å². The van der Waals surface area contributed by atoms with Gasteiger partial charge in [-0.25, -0.2) is 0 Å². The van der Waals surface area contributed by atoms with Crippen molar-refractivity contribution in [1.29, 1.82) is 0 Å². The van der Waals surface area contributed by atoms with Crippen molar-refractivity contribution in [3.63, 3.8) is 0 Å². The summed E-state index contributed by atoms with van der Waals surface area (Å²) in [6.45, 7) is 1.20. The number of carbonyl (C=O) groups is 2. The zero-order valence-electron chi connectivity index (χ0n) is 9.18. The SMILES string of the molecule is CC(=O)OC(=O)C[C@H](N)Cc1ccccc1. The van der Waals surface area contributed by atoms with E-state index >= 15 is 0 Å². The van der Waals surface area contributed by atoms with Crippen LogP contribution in [0.25, 0.3) is 0 Å². The van der Waals surface area contributed by atoms with Crippen LogP contribution in [0.5, 0.6) is 0 Å². The van der Waals surface area contributed by atoms with Gasteiger partial charge in [0, 0.05) is 13.0 Å². The first-order valence-corrected chi connectivity index (χ1v) is 5.08. The summed E-state index contributed by atoms with van der Waals surface area (Å²) in [5, 5.41) is 0. The smallest absolute Gasteiger partial charge is 0.315 e. The minimum absolute atomic E-state index is 0.0501. The van der Waals surface area contributed by atoms with E-state index in [4.69, 9.17) is 5.73 Å². The molecule has 1 aromatic rings. The van der Waals surface area contributed by atoms with Gasteiger partial charge in [-0.3, -0.25) is 9.59 Å². The van der Waals surface area contributed by atoms with Crippen molar-refractivity contribution in [1.82, 2.24) is 0 Å². The van der Waals surface area contributed by atoms with Crippen molar-refractivity contribution >= 4 is 11.9 Å². The van der Waals surface area contributed by atoms with Gasteiger partial charge in [-0.15, -0.1) is 0 Å². The van der Waals surface area contributed by atoms with Gasteiger partial charge < -0.3 is 10.5 Å². The number of nitrogens with two attached hydrogens (primary N) is 1. The maximum atomic E-state index is 11.1. The molecule has 16 heavy (non-hydrogen) atoms. The second-order valence-corrected chi connectivity index (χ2v) is 3.62. The predicted octanol–water partition coefficient (Wildman–Crippen LogP) is 1.04. The zero-order chi connectivity index (χ0) is 12.0. The molecule has 0 fully saturated rings. The number of hydrogen-bond acceptors (Lipinski definition) is 4. The Morgan fingerprint density at radius 2 is 1.94 bits per heavy atom. The Bertz CT molecular complexity index is 362. The van der Waals surface area contributed by atoms with Crippen LogP contribution in [0.2, 0.25) is 0 Å². The lowest BCUT2D eigenvalue weighted by Crippen LogP contribution is -2.27. The Kier molecular flexibility index (Phi) is 4.66. The average molecular weight is 221 g/mol. The Hall–Kier alpha value is -1.68. The molecule has 0 radical (unpaired) electrons. The van der Waals surface area contributed by atoms with Crippen molar-refractivity contribution in [3.05, 3.63) is 35.9 Å². The summed E-state index contributed by atoms with van der Waals surface area (Å²) >= 11 is 0. The number of carbonyl (C=O) groups excluding carboxylic acids is 2. The molecule has 0 amide bonds.